The fourth-order valence-electron chi connectivity index (χ4n) is 11.9. The van der Waals surface area contributed by atoms with E-state index in [9.17, 15) is 19.8 Å². The third-order valence-electron chi connectivity index (χ3n) is 17.6. The Morgan fingerprint density at radius 1 is 0.338 bits per heavy atom. The molecule has 0 aromatic rings. The van der Waals surface area contributed by atoms with Crippen LogP contribution in [-0.4, -0.2) is 47.4 Å². The van der Waals surface area contributed by atoms with E-state index in [0.717, 1.165) is 44.9 Å². The number of aliphatic hydroxyl groups is 2. The molecule has 0 saturated carbocycles. The second-order valence-electron chi connectivity index (χ2n) is 25.6. The van der Waals surface area contributed by atoms with Crippen LogP contribution in [0.4, 0.5) is 0 Å². The first-order valence-electron chi connectivity index (χ1n) is 36.9. The molecular formula is C74H145NO5. The largest absolute Gasteiger partial charge is 0.466 e. The molecule has 6 heteroatoms. The molecule has 0 aliphatic rings. The number of carbonyl (C=O) groups is 2. The topological polar surface area (TPSA) is 95.9 Å². The number of allylic oxidation sites excluding steroid dienone is 2. The van der Waals surface area contributed by atoms with E-state index >= 15 is 0 Å². The Morgan fingerprint density at radius 3 is 0.900 bits per heavy atom. The SMILES string of the molecule is CCCCCC/C=C\CCCCCCCC(=O)OCCCCCCCCCCCCCCCCCCCCCCCCCCCC(=O)NC(CO)C(O)CCCCCCCCCCCCCCCCCCCCCCCCCCC. The average Bonchev–Trinajstić information content (AvgIpc) is 3.46. The normalized spacial score (nSPS) is 12.5. The summed E-state index contributed by atoms with van der Waals surface area (Å²) in [7, 11) is 0. The fraction of sp³-hybridized carbons (Fsp3) is 0.946. The minimum absolute atomic E-state index is 0.00839. The number of amides is 1. The van der Waals surface area contributed by atoms with Crippen molar-refractivity contribution in [2.45, 2.75) is 437 Å². The first kappa shape index (κ1) is 78.6. The molecule has 0 spiro atoms. The van der Waals surface area contributed by atoms with Gasteiger partial charge in [0.15, 0.2) is 0 Å². The van der Waals surface area contributed by atoms with Crippen molar-refractivity contribution in [1.29, 1.82) is 0 Å². The van der Waals surface area contributed by atoms with Crippen molar-refractivity contribution in [2.24, 2.45) is 0 Å². The summed E-state index contributed by atoms with van der Waals surface area (Å²) in [6, 6.07) is -0.541. The van der Waals surface area contributed by atoms with Crippen LogP contribution in [0.3, 0.4) is 0 Å². The predicted molar refractivity (Wildman–Crippen MR) is 352 cm³/mol. The van der Waals surface area contributed by atoms with E-state index in [0.29, 0.717) is 25.9 Å². The van der Waals surface area contributed by atoms with Gasteiger partial charge in [-0.05, 0) is 51.4 Å². The summed E-state index contributed by atoms with van der Waals surface area (Å²) in [5, 5.41) is 23.5. The highest BCUT2D eigenvalue weighted by atomic mass is 16.5. The molecule has 2 unspecified atom stereocenters. The van der Waals surface area contributed by atoms with Gasteiger partial charge in [0.2, 0.25) is 5.91 Å². The van der Waals surface area contributed by atoms with E-state index in [-0.39, 0.29) is 18.5 Å². The molecule has 6 nitrogen and oxygen atoms in total. The minimum atomic E-state index is -0.664. The second kappa shape index (κ2) is 70.1. The number of hydrogen-bond acceptors (Lipinski definition) is 5. The lowest BCUT2D eigenvalue weighted by molar-refractivity contribution is -0.143. The Morgan fingerprint density at radius 2 is 0.588 bits per heavy atom. The molecule has 2 atom stereocenters. The second-order valence-corrected chi connectivity index (χ2v) is 25.6. The molecule has 0 rings (SSSR count). The quantitative estimate of drug-likeness (QED) is 0.0320. The molecule has 0 fully saturated rings. The fourth-order valence-corrected chi connectivity index (χ4v) is 11.9. The maximum atomic E-state index is 12.6. The molecule has 0 aliphatic heterocycles. The van der Waals surface area contributed by atoms with Crippen LogP contribution in [0.5, 0.6) is 0 Å². The summed E-state index contributed by atoms with van der Waals surface area (Å²) in [5.74, 6) is -0.0191. The maximum Gasteiger partial charge on any atom is 0.305 e. The van der Waals surface area contributed by atoms with Gasteiger partial charge in [0.1, 0.15) is 0 Å². The summed E-state index contributed by atoms with van der Waals surface area (Å²) < 4.78 is 5.48. The van der Waals surface area contributed by atoms with E-state index in [1.807, 2.05) is 0 Å². The van der Waals surface area contributed by atoms with Crippen LogP contribution >= 0.6 is 0 Å². The lowest BCUT2D eigenvalue weighted by Crippen LogP contribution is -2.45. The van der Waals surface area contributed by atoms with Crippen LogP contribution in [0, 0.1) is 0 Å². The Labute approximate surface area is 501 Å². The number of ether oxygens (including phenoxy) is 1. The van der Waals surface area contributed by atoms with Gasteiger partial charge >= 0.3 is 5.97 Å². The highest BCUT2D eigenvalue weighted by Crippen LogP contribution is 2.20. The zero-order valence-electron chi connectivity index (χ0n) is 54.6. The van der Waals surface area contributed by atoms with Gasteiger partial charge in [0, 0.05) is 12.8 Å². The highest BCUT2D eigenvalue weighted by Gasteiger charge is 2.20. The monoisotopic (exact) mass is 1130 g/mol. The van der Waals surface area contributed by atoms with Gasteiger partial charge in [-0.25, -0.2) is 0 Å². The smallest absolute Gasteiger partial charge is 0.305 e. The third-order valence-corrected chi connectivity index (χ3v) is 17.6. The van der Waals surface area contributed by atoms with E-state index in [2.05, 4.69) is 31.3 Å². The lowest BCUT2D eigenvalue weighted by Gasteiger charge is -2.22. The van der Waals surface area contributed by atoms with E-state index in [1.54, 1.807) is 0 Å². The molecule has 0 aromatic heterocycles. The number of nitrogens with one attached hydrogen (secondary N) is 1. The van der Waals surface area contributed by atoms with Crippen molar-refractivity contribution in [3.63, 3.8) is 0 Å². The van der Waals surface area contributed by atoms with Crippen molar-refractivity contribution in [2.75, 3.05) is 13.2 Å². The first-order chi connectivity index (χ1) is 39.5. The van der Waals surface area contributed by atoms with Crippen LogP contribution < -0.4 is 5.32 Å². The molecule has 1 amide bonds. The Hall–Kier alpha value is -1.40. The maximum absolute atomic E-state index is 12.6. The highest BCUT2D eigenvalue weighted by molar-refractivity contribution is 5.76. The predicted octanol–water partition coefficient (Wildman–Crippen LogP) is 23.9. The average molecular weight is 1130 g/mol. The summed E-state index contributed by atoms with van der Waals surface area (Å²) in [5.41, 5.74) is 0. The summed E-state index contributed by atoms with van der Waals surface area (Å²) in [4.78, 5) is 24.6. The number of unbranched alkanes of at least 4 members (excludes halogenated alkanes) is 57. The van der Waals surface area contributed by atoms with Crippen LogP contribution in [0.25, 0.3) is 0 Å². The van der Waals surface area contributed by atoms with Crippen molar-refractivity contribution >= 4 is 11.9 Å². The zero-order chi connectivity index (χ0) is 57.8. The minimum Gasteiger partial charge on any atom is -0.466 e. The van der Waals surface area contributed by atoms with E-state index in [1.165, 1.54) is 347 Å². The number of esters is 1. The zero-order valence-corrected chi connectivity index (χ0v) is 54.6. The van der Waals surface area contributed by atoms with Gasteiger partial charge in [-0.3, -0.25) is 9.59 Å². The van der Waals surface area contributed by atoms with Crippen molar-refractivity contribution < 1.29 is 24.5 Å². The number of rotatable bonds is 70. The number of hydrogen-bond donors (Lipinski definition) is 3. The summed E-state index contributed by atoms with van der Waals surface area (Å²) in [6.07, 6.45) is 87.0. The lowest BCUT2D eigenvalue weighted by atomic mass is 10.0. The number of carbonyl (C=O) groups excluding carboxylic acids is 2. The molecule has 0 aromatic carbocycles. The Bertz CT molecular complexity index is 1210. The molecule has 476 valence electrons. The Kier molecular flexibility index (Phi) is 68.9. The van der Waals surface area contributed by atoms with Gasteiger partial charge in [0.25, 0.3) is 0 Å². The number of aliphatic hydroxyl groups excluding tert-OH is 2. The van der Waals surface area contributed by atoms with Crippen LogP contribution in [0.15, 0.2) is 12.2 Å². The molecule has 0 saturated heterocycles. The van der Waals surface area contributed by atoms with Gasteiger partial charge in [-0.15, -0.1) is 0 Å². The molecular weight excluding hydrogens is 983 g/mol. The van der Waals surface area contributed by atoms with Gasteiger partial charge in [-0.2, -0.15) is 0 Å². The summed E-state index contributed by atoms with van der Waals surface area (Å²) in [6.45, 7) is 4.98. The van der Waals surface area contributed by atoms with Crippen molar-refractivity contribution in [3.8, 4) is 0 Å². The molecule has 3 N–H and O–H groups in total. The van der Waals surface area contributed by atoms with Gasteiger partial charge in [0.05, 0.1) is 25.4 Å². The van der Waals surface area contributed by atoms with Crippen LogP contribution in [0.2, 0.25) is 0 Å². The standard InChI is InChI=1S/C74H145NO5/c1-3-5-7-9-11-13-15-17-18-19-20-21-22-24-27-30-33-36-39-43-46-50-54-58-62-66-72(77)71(70-76)75-73(78)67-63-59-55-51-47-44-40-37-34-31-28-25-23-26-29-32-35-38-41-45-49-53-57-61-65-69-80-74(79)68-64-60-56-52-48-42-16-14-12-10-8-6-4-2/h14,16,71-72,76-77H,3-13,15,17-70H2,1-2H3,(H,75,78)/b16-14-. The Balaban J connectivity index is 3.36. The first-order valence-corrected chi connectivity index (χ1v) is 36.9. The van der Waals surface area contributed by atoms with E-state index < -0.39 is 12.1 Å². The van der Waals surface area contributed by atoms with Crippen LogP contribution in [0.1, 0.15) is 425 Å². The van der Waals surface area contributed by atoms with Crippen molar-refractivity contribution in [3.05, 3.63) is 12.2 Å². The van der Waals surface area contributed by atoms with Gasteiger partial charge < -0.3 is 20.3 Å². The molecule has 0 bridgehead atoms. The molecule has 80 heavy (non-hydrogen) atoms. The molecule has 0 heterocycles. The van der Waals surface area contributed by atoms with E-state index in [4.69, 9.17) is 4.74 Å². The van der Waals surface area contributed by atoms with Crippen molar-refractivity contribution in [1.82, 2.24) is 5.32 Å². The summed E-state index contributed by atoms with van der Waals surface area (Å²) >= 11 is 0. The molecule has 0 aliphatic carbocycles. The third kappa shape index (κ3) is 65.7. The molecule has 0 radical (unpaired) electrons. The van der Waals surface area contributed by atoms with Gasteiger partial charge in [-0.1, -0.05) is 373 Å². The van der Waals surface area contributed by atoms with Crippen LogP contribution in [-0.2, 0) is 14.3 Å².